The first-order chi connectivity index (χ1) is 12.6. The molecule has 2 N–H and O–H groups in total. The lowest BCUT2D eigenvalue weighted by Crippen LogP contribution is -2.45. The Bertz CT molecular complexity index is 789. The summed E-state index contributed by atoms with van der Waals surface area (Å²) in [7, 11) is 1.59. The number of ether oxygens (including phenoxy) is 1. The van der Waals surface area contributed by atoms with Crippen molar-refractivity contribution in [3.63, 3.8) is 0 Å². The molecule has 0 aliphatic carbocycles. The summed E-state index contributed by atoms with van der Waals surface area (Å²) in [6, 6.07) is 14.0. The summed E-state index contributed by atoms with van der Waals surface area (Å²) in [4.78, 5) is 26.9. The molecule has 0 saturated carbocycles. The Morgan fingerprint density at radius 2 is 1.81 bits per heavy atom. The molecule has 3 amide bonds. The summed E-state index contributed by atoms with van der Waals surface area (Å²) in [5.74, 6) is 0.571. The van der Waals surface area contributed by atoms with Crippen LogP contribution in [0.5, 0.6) is 5.75 Å². The number of carbonyl (C=O) groups excluding carboxylic acids is 2. The van der Waals surface area contributed by atoms with Gasteiger partial charge in [0.1, 0.15) is 11.8 Å². The van der Waals surface area contributed by atoms with Gasteiger partial charge in [0.25, 0.3) is 0 Å². The van der Waals surface area contributed by atoms with E-state index >= 15 is 0 Å². The van der Waals surface area contributed by atoms with Gasteiger partial charge in [0.05, 0.1) is 7.11 Å². The molecular formula is C20H23N3O3. The molecule has 1 aliphatic heterocycles. The predicted molar refractivity (Wildman–Crippen MR) is 102 cm³/mol. The predicted octanol–water partition coefficient (Wildman–Crippen LogP) is 3.64. The van der Waals surface area contributed by atoms with E-state index in [1.165, 1.54) is 0 Å². The number of aryl methyl sites for hydroxylation is 1. The number of benzene rings is 2. The van der Waals surface area contributed by atoms with Crippen LogP contribution in [0, 0.1) is 6.92 Å². The zero-order chi connectivity index (χ0) is 18.5. The maximum absolute atomic E-state index is 12.7. The van der Waals surface area contributed by atoms with Crippen LogP contribution in [0.25, 0.3) is 0 Å². The van der Waals surface area contributed by atoms with E-state index in [0.29, 0.717) is 18.7 Å². The van der Waals surface area contributed by atoms with Crippen LogP contribution in [0.1, 0.15) is 18.4 Å². The van der Waals surface area contributed by atoms with Crippen molar-refractivity contribution < 1.29 is 14.3 Å². The van der Waals surface area contributed by atoms with Crippen molar-refractivity contribution in [2.75, 3.05) is 24.3 Å². The molecule has 1 aliphatic rings. The molecule has 0 spiro atoms. The van der Waals surface area contributed by atoms with Crippen LogP contribution in [-0.4, -0.2) is 36.5 Å². The van der Waals surface area contributed by atoms with E-state index in [1.54, 1.807) is 36.3 Å². The highest BCUT2D eigenvalue weighted by Gasteiger charge is 2.34. The largest absolute Gasteiger partial charge is 0.497 e. The fourth-order valence-corrected chi connectivity index (χ4v) is 3.08. The Balaban J connectivity index is 1.65. The maximum atomic E-state index is 12.7. The number of hydrogen-bond acceptors (Lipinski definition) is 3. The van der Waals surface area contributed by atoms with Gasteiger partial charge in [-0.15, -0.1) is 0 Å². The number of nitrogens with one attached hydrogen (secondary N) is 2. The van der Waals surface area contributed by atoms with Gasteiger partial charge in [-0.1, -0.05) is 18.2 Å². The summed E-state index contributed by atoms with van der Waals surface area (Å²) in [5.41, 5.74) is 2.44. The van der Waals surface area contributed by atoms with Crippen molar-refractivity contribution in [3.8, 4) is 5.75 Å². The lowest BCUT2D eigenvalue weighted by molar-refractivity contribution is -0.119. The molecule has 1 saturated heterocycles. The monoisotopic (exact) mass is 353 g/mol. The molecule has 136 valence electrons. The number of nitrogens with zero attached hydrogens (tertiary/aromatic N) is 1. The van der Waals surface area contributed by atoms with Gasteiger partial charge in [-0.25, -0.2) is 4.79 Å². The van der Waals surface area contributed by atoms with Crippen LogP contribution in [0.4, 0.5) is 16.2 Å². The highest BCUT2D eigenvalue weighted by molar-refractivity contribution is 6.00. The van der Waals surface area contributed by atoms with Gasteiger partial charge in [0, 0.05) is 17.9 Å². The SMILES string of the molecule is COc1ccc(NC(=O)N2CCC[C@@H]2C(=O)Nc2ccccc2C)cc1. The van der Waals surface area contributed by atoms with Crippen LogP contribution in [0.15, 0.2) is 48.5 Å². The van der Waals surface area contributed by atoms with Crippen molar-refractivity contribution in [1.29, 1.82) is 0 Å². The zero-order valence-electron chi connectivity index (χ0n) is 15.0. The Morgan fingerprint density at radius 1 is 1.08 bits per heavy atom. The molecule has 1 atom stereocenters. The third-order valence-electron chi connectivity index (χ3n) is 4.56. The zero-order valence-corrected chi connectivity index (χ0v) is 15.0. The molecule has 1 heterocycles. The van der Waals surface area contributed by atoms with E-state index in [9.17, 15) is 9.59 Å². The Labute approximate surface area is 153 Å². The van der Waals surface area contributed by atoms with Crippen LogP contribution >= 0.6 is 0 Å². The molecule has 1 fully saturated rings. The van der Waals surface area contributed by atoms with E-state index < -0.39 is 6.04 Å². The average Bonchev–Trinajstić information content (AvgIpc) is 3.14. The van der Waals surface area contributed by atoms with E-state index in [4.69, 9.17) is 4.74 Å². The fraction of sp³-hybridized carbons (Fsp3) is 0.300. The molecular weight excluding hydrogens is 330 g/mol. The first-order valence-electron chi connectivity index (χ1n) is 8.66. The first-order valence-corrected chi connectivity index (χ1v) is 8.66. The molecule has 0 aromatic heterocycles. The first kappa shape index (κ1) is 17.8. The highest BCUT2D eigenvalue weighted by Crippen LogP contribution is 2.22. The summed E-state index contributed by atoms with van der Waals surface area (Å²) >= 11 is 0. The van der Waals surface area contributed by atoms with Gasteiger partial charge in [0.2, 0.25) is 5.91 Å². The van der Waals surface area contributed by atoms with Crippen LogP contribution in [0.2, 0.25) is 0 Å². The highest BCUT2D eigenvalue weighted by atomic mass is 16.5. The van der Waals surface area contributed by atoms with Gasteiger partial charge >= 0.3 is 6.03 Å². The topological polar surface area (TPSA) is 70.7 Å². The standard InChI is InChI=1S/C20H23N3O3/c1-14-6-3-4-7-17(14)22-19(24)18-8-5-13-23(18)20(25)21-15-9-11-16(26-2)12-10-15/h3-4,6-7,9-12,18H,5,8,13H2,1-2H3,(H,21,25)(H,22,24)/t18-/m1/s1. The third kappa shape index (κ3) is 3.96. The second-order valence-electron chi connectivity index (χ2n) is 6.31. The average molecular weight is 353 g/mol. The summed E-state index contributed by atoms with van der Waals surface area (Å²) in [6.45, 7) is 2.51. The van der Waals surface area contributed by atoms with Crippen molar-refractivity contribution in [2.45, 2.75) is 25.8 Å². The summed E-state index contributed by atoms with van der Waals surface area (Å²) < 4.78 is 5.11. The van der Waals surface area contributed by atoms with Gasteiger partial charge in [-0.05, 0) is 55.7 Å². The van der Waals surface area contributed by atoms with E-state index in [2.05, 4.69) is 10.6 Å². The molecule has 0 unspecified atom stereocenters. The van der Waals surface area contributed by atoms with Crippen molar-refractivity contribution in [3.05, 3.63) is 54.1 Å². The molecule has 3 rings (SSSR count). The minimum Gasteiger partial charge on any atom is -0.497 e. The lowest BCUT2D eigenvalue weighted by atomic mass is 10.1. The number of rotatable bonds is 4. The van der Waals surface area contributed by atoms with Crippen LogP contribution < -0.4 is 15.4 Å². The molecule has 0 radical (unpaired) electrons. The number of likely N-dealkylation sites (tertiary alicyclic amines) is 1. The van der Waals surface area contributed by atoms with Crippen LogP contribution in [0.3, 0.4) is 0 Å². The van der Waals surface area contributed by atoms with Crippen LogP contribution in [-0.2, 0) is 4.79 Å². The number of urea groups is 1. The van der Waals surface area contributed by atoms with E-state index in [1.807, 2.05) is 31.2 Å². The molecule has 26 heavy (non-hydrogen) atoms. The van der Waals surface area contributed by atoms with Gasteiger partial charge in [-0.3, -0.25) is 4.79 Å². The molecule has 2 aromatic carbocycles. The third-order valence-corrected chi connectivity index (χ3v) is 4.56. The second kappa shape index (κ2) is 7.91. The summed E-state index contributed by atoms with van der Waals surface area (Å²) in [5, 5.41) is 5.79. The number of carbonyl (C=O) groups is 2. The smallest absolute Gasteiger partial charge is 0.322 e. The normalized spacial score (nSPS) is 16.2. The molecule has 2 aromatic rings. The Hall–Kier alpha value is -3.02. The maximum Gasteiger partial charge on any atom is 0.322 e. The van der Waals surface area contributed by atoms with E-state index in [0.717, 1.165) is 23.4 Å². The van der Waals surface area contributed by atoms with E-state index in [-0.39, 0.29) is 11.9 Å². The number of para-hydroxylation sites is 1. The number of methoxy groups -OCH3 is 1. The van der Waals surface area contributed by atoms with Gasteiger partial charge in [-0.2, -0.15) is 0 Å². The Kier molecular flexibility index (Phi) is 5.41. The molecule has 0 bridgehead atoms. The molecule has 6 heteroatoms. The quantitative estimate of drug-likeness (QED) is 0.882. The molecule has 6 nitrogen and oxygen atoms in total. The van der Waals surface area contributed by atoms with Crippen molar-refractivity contribution in [1.82, 2.24) is 4.90 Å². The Morgan fingerprint density at radius 3 is 2.50 bits per heavy atom. The lowest BCUT2D eigenvalue weighted by Gasteiger charge is -2.24. The van der Waals surface area contributed by atoms with Crippen molar-refractivity contribution >= 4 is 23.3 Å². The fourth-order valence-electron chi connectivity index (χ4n) is 3.08. The van der Waals surface area contributed by atoms with Gasteiger partial charge < -0.3 is 20.3 Å². The number of amides is 3. The second-order valence-corrected chi connectivity index (χ2v) is 6.31. The summed E-state index contributed by atoms with van der Waals surface area (Å²) in [6.07, 6.45) is 1.47. The minimum absolute atomic E-state index is 0.151. The van der Waals surface area contributed by atoms with Crippen molar-refractivity contribution in [2.24, 2.45) is 0 Å². The number of hydrogen-bond donors (Lipinski definition) is 2. The van der Waals surface area contributed by atoms with Gasteiger partial charge in [0.15, 0.2) is 0 Å². The number of anilines is 2. The minimum atomic E-state index is -0.465.